The molecule has 0 aromatic carbocycles. The molecule has 1 aliphatic heterocycles. The van der Waals surface area contributed by atoms with Gasteiger partial charge >= 0.3 is 0 Å². The van der Waals surface area contributed by atoms with Crippen LogP contribution in [0.2, 0.25) is 0 Å². The summed E-state index contributed by atoms with van der Waals surface area (Å²) in [6.45, 7) is 5.28. The molecule has 0 bridgehead atoms. The zero-order valence-corrected chi connectivity index (χ0v) is 10.8. The van der Waals surface area contributed by atoms with Gasteiger partial charge in [-0.25, -0.2) is 8.42 Å². The molecule has 0 amide bonds. The van der Waals surface area contributed by atoms with Crippen LogP contribution in [0.15, 0.2) is 0 Å². The molecule has 0 radical (unpaired) electrons. The van der Waals surface area contributed by atoms with Crippen molar-refractivity contribution in [3.8, 4) is 0 Å². The summed E-state index contributed by atoms with van der Waals surface area (Å²) in [7, 11) is -3.25. The highest BCUT2D eigenvalue weighted by Crippen LogP contribution is 2.19. The number of nitrogens with one attached hydrogen (secondary N) is 1. The van der Waals surface area contributed by atoms with Crippen LogP contribution in [0, 0.1) is 0 Å². The lowest BCUT2D eigenvalue weighted by molar-refractivity contribution is 0.234. The number of hydrogen-bond acceptors (Lipinski definition) is 4. The molecule has 0 atom stereocenters. The zero-order chi connectivity index (χ0) is 12.2. The van der Waals surface area contributed by atoms with Crippen molar-refractivity contribution in [1.82, 2.24) is 9.62 Å². The van der Waals surface area contributed by atoms with Gasteiger partial charge in [-0.3, -0.25) is 0 Å². The highest BCUT2D eigenvalue weighted by atomic mass is 32.2. The van der Waals surface area contributed by atoms with E-state index in [0.717, 1.165) is 13.1 Å². The summed E-state index contributed by atoms with van der Waals surface area (Å²) >= 11 is 0. The van der Waals surface area contributed by atoms with E-state index in [4.69, 9.17) is 5.11 Å². The maximum Gasteiger partial charge on any atom is 0.217 e. The van der Waals surface area contributed by atoms with E-state index in [1.165, 1.54) is 4.31 Å². The molecular formula is C10H22N2O3S. The van der Waals surface area contributed by atoms with Crippen LogP contribution in [0.3, 0.4) is 0 Å². The molecule has 0 spiro atoms. The lowest BCUT2D eigenvalue weighted by Crippen LogP contribution is -2.47. The van der Waals surface area contributed by atoms with Crippen LogP contribution >= 0.6 is 0 Å². The van der Waals surface area contributed by atoms with Gasteiger partial charge in [0.15, 0.2) is 0 Å². The summed E-state index contributed by atoms with van der Waals surface area (Å²) in [5.74, 6) is 0. The Balaban J connectivity index is 2.79. The third-order valence-corrected chi connectivity index (χ3v) is 5.50. The van der Waals surface area contributed by atoms with E-state index in [0.29, 0.717) is 12.8 Å². The van der Waals surface area contributed by atoms with Gasteiger partial charge in [-0.05, 0) is 39.8 Å². The highest BCUT2D eigenvalue weighted by molar-refractivity contribution is 7.89. The fraction of sp³-hybridized carbons (Fsp3) is 1.00. The van der Waals surface area contributed by atoms with Gasteiger partial charge in [-0.1, -0.05) is 0 Å². The smallest absolute Gasteiger partial charge is 0.217 e. The van der Waals surface area contributed by atoms with Crippen molar-refractivity contribution in [2.75, 3.05) is 26.2 Å². The molecule has 0 aliphatic carbocycles. The first-order chi connectivity index (χ1) is 7.50. The maximum atomic E-state index is 12.3. The van der Waals surface area contributed by atoms with Gasteiger partial charge in [0, 0.05) is 12.6 Å². The number of hydrogen-bond donors (Lipinski definition) is 2. The standard InChI is InChI=1S/C10H22N2O3S/c1-9(2)12(7-8-13)16(14,15)10-3-5-11-6-4-10/h9-11,13H,3-8H2,1-2H3. The average molecular weight is 250 g/mol. The van der Waals surface area contributed by atoms with E-state index in [1.54, 1.807) is 0 Å². The van der Waals surface area contributed by atoms with E-state index in [2.05, 4.69) is 5.32 Å². The predicted octanol–water partition coefficient (Wildman–Crippen LogP) is -0.229. The number of aliphatic hydroxyl groups excluding tert-OH is 1. The minimum atomic E-state index is -3.25. The second kappa shape index (κ2) is 5.95. The van der Waals surface area contributed by atoms with E-state index in [1.807, 2.05) is 13.8 Å². The lowest BCUT2D eigenvalue weighted by atomic mass is 10.2. The molecule has 0 aromatic heterocycles. The van der Waals surface area contributed by atoms with Crippen LogP contribution in [-0.4, -0.2) is 55.4 Å². The van der Waals surface area contributed by atoms with Crippen molar-refractivity contribution < 1.29 is 13.5 Å². The van der Waals surface area contributed by atoms with Crippen molar-refractivity contribution >= 4 is 10.0 Å². The lowest BCUT2D eigenvalue weighted by Gasteiger charge is -2.31. The molecule has 1 aliphatic rings. The van der Waals surface area contributed by atoms with Crippen LogP contribution in [0.4, 0.5) is 0 Å². The van der Waals surface area contributed by atoms with Crippen molar-refractivity contribution in [1.29, 1.82) is 0 Å². The van der Waals surface area contributed by atoms with Crippen molar-refractivity contribution in [2.45, 2.75) is 38.0 Å². The second-order valence-corrected chi connectivity index (χ2v) is 6.59. The molecule has 96 valence electrons. The summed E-state index contributed by atoms with van der Waals surface area (Å²) in [4.78, 5) is 0. The SMILES string of the molecule is CC(C)N(CCO)S(=O)(=O)C1CCNCC1. The van der Waals surface area contributed by atoms with Crippen molar-refractivity contribution in [2.24, 2.45) is 0 Å². The van der Waals surface area contributed by atoms with E-state index in [-0.39, 0.29) is 24.4 Å². The van der Waals surface area contributed by atoms with Gasteiger partial charge in [0.1, 0.15) is 0 Å². The van der Waals surface area contributed by atoms with Gasteiger partial charge < -0.3 is 10.4 Å². The van der Waals surface area contributed by atoms with Crippen molar-refractivity contribution in [3.63, 3.8) is 0 Å². The van der Waals surface area contributed by atoms with E-state index < -0.39 is 10.0 Å². The van der Waals surface area contributed by atoms with Gasteiger partial charge in [0.2, 0.25) is 10.0 Å². The number of aliphatic hydroxyl groups is 1. The van der Waals surface area contributed by atoms with Crippen LogP contribution in [0.25, 0.3) is 0 Å². The van der Waals surface area contributed by atoms with Crippen LogP contribution in [0.1, 0.15) is 26.7 Å². The monoisotopic (exact) mass is 250 g/mol. The minimum Gasteiger partial charge on any atom is -0.395 e. The van der Waals surface area contributed by atoms with E-state index in [9.17, 15) is 8.42 Å². The first kappa shape index (κ1) is 13.9. The van der Waals surface area contributed by atoms with Crippen LogP contribution in [0.5, 0.6) is 0 Å². The Labute approximate surface area is 97.9 Å². The van der Waals surface area contributed by atoms with Gasteiger partial charge in [-0.15, -0.1) is 0 Å². The van der Waals surface area contributed by atoms with Crippen molar-refractivity contribution in [3.05, 3.63) is 0 Å². The molecule has 16 heavy (non-hydrogen) atoms. The molecule has 0 aromatic rings. The third-order valence-electron chi connectivity index (χ3n) is 2.93. The summed E-state index contributed by atoms with van der Waals surface area (Å²) in [6, 6.07) is -0.0907. The number of nitrogens with zero attached hydrogens (tertiary/aromatic N) is 1. The van der Waals surface area contributed by atoms with Gasteiger partial charge in [-0.2, -0.15) is 4.31 Å². The average Bonchev–Trinajstić information content (AvgIpc) is 2.26. The van der Waals surface area contributed by atoms with E-state index >= 15 is 0 Å². The van der Waals surface area contributed by atoms with Gasteiger partial charge in [0.05, 0.1) is 11.9 Å². The molecule has 0 unspecified atom stereocenters. The molecule has 1 heterocycles. The Kier molecular flexibility index (Phi) is 5.17. The molecule has 2 N–H and O–H groups in total. The molecule has 0 saturated carbocycles. The molecule has 1 fully saturated rings. The fourth-order valence-corrected chi connectivity index (χ4v) is 4.20. The molecular weight excluding hydrogens is 228 g/mol. The Morgan fingerprint density at radius 3 is 2.38 bits per heavy atom. The van der Waals surface area contributed by atoms with Crippen LogP contribution < -0.4 is 5.32 Å². The van der Waals surface area contributed by atoms with Crippen LogP contribution in [-0.2, 0) is 10.0 Å². The minimum absolute atomic E-state index is 0.0907. The summed E-state index contributed by atoms with van der Waals surface area (Å²) < 4.78 is 26.0. The molecule has 5 nitrogen and oxygen atoms in total. The number of piperidine rings is 1. The largest absolute Gasteiger partial charge is 0.395 e. The third kappa shape index (κ3) is 3.16. The summed E-state index contributed by atoms with van der Waals surface area (Å²) in [6.07, 6.45) is 1.33. The normalized spacial score (nSPS) is 19.6. The number of rotatable bonds is 5. The second-order valence-electron chi connectivity index (χ2n) is 4.42. The maximum absolute atomic E-state index is 12.3. The molecule has 6 heteroatoms. The highest BCUT2D eigenvalue weighted by Gasteiger charge is 2.33. The van der Waals surface area contributed by atoms with Gasteiger partial charge in [0.25, 0.3) is 0 Å². The Bertz CT molecular complexity index is 297. The predicted molar refractivity (Wildman–Crippen MR) is 63.7 cm³/mol. The zero-order valence-electron chi connectivity index (χ0n) is 10.0. The Hall–Kier alpha value is -0.170. The first-order valence-electron chi connectivity index (χ1n) is 5.82. The Morgan fingerprint density at radius 1 is 1.38 bits per heavy atom. The molecule has 1 saturated heterocycles. The topological polar surface area (TPSA) is 69.6 Å². The Morgan fingerprint density at radius 2 is 1.94 bits per heavy atom. The summed E-state index contributed by atoms with van der Waals surface area (Å²) in [5, 5.41) is 11.8. The first-order valence-corrected chi connectivity index (χ1v) is 7.32. The molecule has 1 rings (SSSR count). The fourth-order valence-electron chi connectivity index (χ4n) is 2.06. The summed E-state index contributed by atoms with van der Waals surface area (Å²) in [5.41, 5.74) is 0. The number of sulfonamides is 1. The quantitative estimate of drug-likeness (QED) is 0.707.